The molecule has 0 bridgehead atoms. The standard InChI is InChI=1S/C13H21N5O/c1-11(12-9-15-3-4-16-12)17(2)10-13(19)18-7-5-14-6-8-18/h3-4,9,11,14H,5-8,10H2,1-2H3. The molecule has 1 aliphatic heterocycles. The van der Waals surface area contributed by atoms with Crippen LogP contribution in [-0.4, -0.2) is 65.4 Å². The Morgan fingerprint density at radius 2 is 2.21 bits per heavy atom. The third kappa shape index (κ3) is 3.71. The van der Waals surface area contributed by atoms with Crippen molar-refractivity contribution in [2.24, 2.45) is 0 Å². The molecule has 1 aromatic rings. The van der Waals surface area contributed by atoms with Crippen LogP contribution in [0.25, 0.3) is 0 Å². The number of carbonyl (C=O) groups excluding carboxylic acids is 1. The maximum Gasteiger partial charge on any atom is 0.236 e. The summed E-state index contributed by atoms with van der Waals surface area (Å²) in [5.74, 6) is 0.180. The number of hydrogen-bond donors (Lipinski definition) is 1. The Morgan fingerprint density at radius 1 is 1.47 bits per heavy atom. The Hall–Kier alpha value is -1.53. The lowest BCUT2D eigenvalue weighted by molar-refractivity contribution is -0.133. The predicted molar refractivity (Wildman–Crippen MR) is 72.5 cm³/mol. The predicted octanol–water partition coefficient (Wildman–Crippen LogP) is -0.0988. The highest BCUT2D eigenvalue weighted by atomic mass is 16.2. The van der Waals surface area contributed by atoms with Crippen LogP contribution in [0.3, 0.4) is 0 Å². The van der Waals surface area contributed by atoms with Crippen LogP contribution in [0.2, 0.25) is 0 Å². The molecule has 0 saturated carbocycles. The first-order valence-electron chi connectivity index (χ1n) is 6.63. The lowest BCUT2D eigenvalue weighted by Crippen LogP contribution is -2.49. The number of nitrogens with one attached hydrogen (secondary N) is 1. The molecule has 1 unspecified atom stereocenters. The van der Waals surface area contributed by atoms with Crippen molar-refractivity contribution >= 4 is 5.91 Å². The molecule has 6 heteroatoms. The Morgan fingerprint density at radius 3 is 2.84 bits per heavy atom. The maximum absolute atomic E-state index is 12.2. The van der Waals surface area contributed by atoms with Gasteiger partial charge in [-0.05, 0) is 14.0 Å². The fourth-order valence-corrected chi connectivity index (χ4v) is 2.12. The summed E-state index contributed by atoms with van der Waals surface area (Å²) in [6, 6.07) is 0.0839. The van der Waals surface area contributed by atoms with Gasteiger partial charge in [-0.3, -0.25) is 19.7 Å². The molecule has 0 spiro atoms. The van der Waals surface area contributed by atoms with Gasteiger partial charge in [0.05, 0.1) is 18.3 Å². The van der Waals surface area contributed by atoms with Crippen molar-refractivity contribution in [1.82, 2.24) is 25.1 Å². The van der Waals surface area contributed by atoms with Crippen LogP contribution in [0.5, 0.6) is 0 Å². The van der Waals surface area contributed by atoms with Gasteiger partial charge in [-0.1, -0.05) is 0 Å². The molecule has 0 aliphatic carbocycles. The van der Waals surface area contributed by atoms with Crippen molar-refractivity contribution < 1.29 is 4.79 Å². The molecule has 1 aliphatic rings. The molecule has 1 amide bonds. The summed E-state index contributed by atoms with van der Waals surface area (Å²) in [7, 11) is 1.94. The highest BCUT2D eigenvalue weighted by Gasteiger charge is 2.21. The minimum absolute atomic E-state index is 0.0839. The second kappa shape index (κ2) is 6.58. The summed E-state index contributed by atoms with van der Waals surface area (Å²) >= 11 is 0. The van der Waals surface area contributed by atoms with Crippen LogP contribution < -0.4 is 5.32 Å². The molecular weight excluding hydrogens is 242 g/mol. The summed E-state index contributed by atoms with van der Waals surface area (Å²) < 4.78 is 0. The number of hydrogen-bond acceptors (Lipinski definition) is 5. The van der Waals surface area contributed by atoms with Crippen molar-refractivity contribution in [1.29, 1.82) is 0 Å². The molecule has 0 aromatic carbocycles. The summed E-state index contributed by atoms with van der Waals surface area (Å²) in [5.41, 5.74) is 0.887. The van der Waals surface area contributed by atoms with Gasteiger partial charge in [0.25, 0.3) is 0 Å². The van der Waals surface area contributed by atoms with E-state index in [0.717, 1.165) is 31.9 Å². The average Bonchev–Trinajstić information content (AvgIpc) is 2.48. The summed E-state index contributed by atoms with van der Waals surface area (Å²) in [6.07, 6.45) is 5.08. The number of rotatable bonds is 4. The minimum atomic E-state index is 0.0839. The Balaban J connectivity index is 1.89. The molecule has 104 valence electrons. The normalized spacial score (nSPS) is 17.5. The number of piperazine rings is 1. The lowest BCUT2D eigenvalue weighted by Gasteiger charge is -2.30. The summed E-state index contributed by atoms with van der Waals surface area (Å²) in [4.78, 5) is 24.4. The van der Waals surface area contributed by atoms with Crippen molar-refractivity contribution in [2.45, 2.75) is 13.0 Å². The molecule has 2 rings (SSSR count). The topological polar surface area (TPSA) is 61.4 Å². The molecule has 6 nitrogen and oxygen atoms in total. The number of likely N-dealkylation sites (N-methyl/N-ethyl adjacent to an activating group) is 1. The molecule has 19 heavy (non-hydrogen) atoms. The number of nitrogens with zero attached hydrogens (tertiary/aromatic N) is 4. The van der Waals surface area contributed by atoms with E-state index in [9.17, 15) is 4.79 Å². The van der Waals surface area contributed by atoms with Crippen LogP contribution in [-0.2, 0) is 4.79 Å². The highest BCUT2D eigenvalue weighted by molar-refractivity contribution is 5.78. The van der Waals surface area contributed by atoms with Gasteiger partial charge in [-0.2, -0.15) is 0 Å². The fourth-order valence-electron chi connectivity index (χ4n) is 2.12. The lowest BCUT2D eigenvalue weighted by atomic mass is 10.2. The Kier molecular flexibility index (Phi) is 4.81. The maximum atomic E-state index is 12.2. The van der Waals surface area contributed by atoms with E-state index in [1.165, 1.54) is 0 Å². The van der Waals surface area contributed by atoms with Gasteiger partial charge in [0.15, 0.2) is 0 Å². The molecular formula is C13H21N5O. The average molecular weight is 263 g/mol. The Labute approximate surface area is 113 Å². The molecule has 2 heterocycles. The minimum Gasteiger partial charge on any atom is -0.339 e. The zero-order chi connectivity index (χ0) is 13.7. The van der Waals surface area contributed by atoms with E-state index in [-0.39, 0.29) is 11.9 Å². The second-order valence-corrected chi connectivity index (χ2v) is 4.85. The van der Waals surface area contributed by atoms with E-state index in [2.05, 4.69) is 15.3 Å². The van der Waals surface area contributed by atoms with Crippen molar-refractivity contribution in [3.63, 3.8) is 0 Å². The van der Waals surface area contributed by atoms with Crippen LogP contribution in [0.15, 0.2) is 18.6 Å². The summed E-state index contributed by atoms with van der Waals surface area (Å²) in [6.45, 7) is 5.82. The fraction of sp³-hybridized carbons (Fsp3) is 0.615. The van der Waals surface area contributed by atoms with Gasteiger partial charge in [0.1, 0.15) is 0 Å². The summed E-state index contributed by atoms with van der Waals surface area (Å²) in [5, 5.41) is 3.25. The number of amides is 1. The quantitative estimate of drug-likeness (QED) is 0.822. The van der Waals surface area contributed by atoms with Crippen LogP contribution in [0, 0.1) is 0 Å². The van der Waals surface area contributed by atoms with Gasteiger partial charge in [-0.25, -0.2) is 0 Å². The van der Waals surface area contributed by atoms with E-state index in [1.54, 1.807) is 18.6 Å². The molecule has 1 atom stereocenters. The van der Waals surface area contributed by atoms with E-state index in [1.807, 2.05) is 23.8 Å². The molecule has 1 N–H and O–H groups in total. The molecule has 1 aromatic heterocycles. The number of aromatic nitrogens is 2. The van der Waals surface area contributed by atoms with E-state index in [4.69, 9.17) is 0 Å². The van der Waals surface area contributed by atoms with Gasteiger partial charge in [-0.15, -0.1) is 0 Å². The molecule has 1 fully saturated rings. The molecule has 1 saturated heterocycles. The van der Waals surface area contributed by atoms with Crippen LogP contribution in [0.4, 0.5) is 0 Å². The zero-order valence-electron chi connectivity index (χ0n) is 11.5. The molecule has 0 radical (unpaired) electrons. The third-order valence-electron chi connectivity index (χ3n) is 3.53. The van der Waals surface area contributed by atoms with Gasteiger partial charge in [0, 0.05) is 44.8 Å². The van der Waals surface area contributed by atoms with Crippen molar-refractivity contribution in [3.05, 3.63) is 24.3 Å². The van der Waals surface area contributed by atoms with Gasteiger partial charge < -0.3 is 10.2 Å². The first-order chi connectivity index (χ1) is 9.18. The van der Waals surface area contributed by atoms with Crippen LogP contribution in [0.1, 0.15) is 18.7 Å². The van der Waals surface area contributed by atoms with Crippen LogP contribution >= 0.6 is 0 Å². The monoisotopic (exact) mass is 263 g/mol. The van der Waals surface area contributed by atoms with E-state index < -0.39 is 0 Å². The second-order valence-electron chi connectivity index (χ2n) is 4.85. The zero-order valence-corrected chi connectivity index (χ0v) is 11.5. The van der Waals surface area contributed by atoms with Gasteiger partial charge >= 0.3 is 0 Å². The van der Waals surface area contributed by atoms with Gasteiger partial charge in [0.2, 0.25) is 5.91 Å². The largest absolute Gasteiger partial charge is 0.339 e. The van der Waals surface area contributed by atoms with Crippen molar-refractivity contribution in [2.75, 3.05) is 39.8 Å². The Bertz CT molecular complexity index is 405. The first-order valence-corrected chi connectivity index (χ1v) is 6.63. The SMILES string of the molecule is CC(c1cnccn1)N(C)CC(=O)N1CCNCC1. The van der Waals surface area contributed by atoms with E-state index in [0.29, 0.717) is 6.54 Å². The van der Waals surface area contributed by atoms with Crippen molar-refractivity contribution in [3.8, 4) is 0 Å². The smallest absolute Gasteiger partial charge is 0.236 e. The number of carbonyl (C=O) groups is 1. The van der Waals surface area contributed by atoms with E-state index >= 15 is 0 Å². The first kappa shape index (κ1) is 13.9. The third-order valence-corrected chi connectivity index (χ3v) is 3.53. The highest BCUT2D eigenvalue weighted by Crippen LogP contribution is 2.14.